The van der Waals surface area contributed by atoms with Crippen molar-refractivity contribution in [2.24, 2.45) is 0 Å². The quantitative estimate of drug-likeness (QED) is 0.166. The monoisotopic (exact) mass is 820 g/mol. The number of benzene rings is 6. The normalized spacial score (nSPS) is 16.9. The average Bonchev–Trinajstić information content (AvgIpc) is 3.81. The Bertz CT molecular complexity index is 3210. The second kappa shape index (κ2) is 13.4. The van der Waals surface area contributed by atoms with Crippen LogP contribution < -0.4 is 16.4 Å². The van der Waals surface area contributed by atoms with E-state index < -0.39 is 0 Å². The summed E-state index contributed by atoms with van der Waals surface area (Å²) in [6.07, 6.45) is 15.1. The molecule has 4 aliphatic rings. The molecule has 4 nitrogen and oxygen atoms in total. The summed E-state index contributed by atoms with van der Waals surface area (Å²) in [6.45, 7) is 14.2. The minimum Gasteiger partial charge on any atom is -0.310 e. The Hall–Kier alpha value is -5.68. The van der Waals surface area contributed by atoms with Crippen molar-refractivity contribution < 1.29 is 0 Å². The summed E-state index contributed by atoms with van der Waals surface area (Å²) >= 11 is 0. The first kappa shape index (κ1) is 37.8. The second-order valence-corrected chi connectivity index (χ2v) is 21.9. The van der Waals surface area contributed by atoms with Crippen molar-refractivity contribution >= 4 is 77.6 Å². The molecule has 13 rings (SSSR count). The van der Waals surface area contributed by atoms with Gasteiger partial charge in [-0.2, -0.15) is 0 Å². The molecule has 6 aromatic carbocycles. The molecular formula is C58H57BN4. The topological polar surface area (TPSA) is 35.6 Å². The van der Waals surface area contributed by atoms with Crippen LogP contribution in [0, 0.1) is 0 Å². The minimum absolute atomic E-state index is 0.0341. The summed E-state index contributed by atoms with van der Waals surface area (Å²) < 4.78 is 5.32. The SMILES string of the molecule is CC(C)(C)c1ccc2c(c1)c1cc(C3CCCCC3)cc3c1n2-c1cc(-c2ncc4ccccc4n2)cc2c1B3c1cc(C3CCCCC3)cc3c4cc(C(C)(C)C)ccc4n-2c13. The van der Waals surface area contributed by atoms with E-state index in [0.29, 0.717) is 11.8 Å². The fourth-order valence-electron chi connectivity index (χ4n) is 12.6. The molecule has 312 valence electrons. The van der Waals surface area contributed by atoms with Gasteiger partial charge in [-0.1, -0.05) is 123 Å². The van der Waals surface area contributed by atoms with Crippen LogP contribution in [0.3, 0.4) is 0 Å². The molecule has 0 N–H and O–H groups in total. The summed E-state index contributed by atoms with van der Waals surface area (Å²) in [5.41, 5.74) is 20.2. The molecule has 63 heavy (non-hydrogen) atoms. The molecule has 0 amide bonds. The highest BCUT2D eigenvalue weighted by atomic mass is 15.0. The van der Waals surface area contributed by atoms with Crippen molar-refractivity contribution in [1.82, 2.24) is 19.1 Å². The van der Waals surface area contributed by atoms with E-state index in [4.69, 9.17) is 9.97 Å². The van der Waals surface area contributed by atoms with Crippen molar-refractivity contribution in [1.29, 1.82) is 0 Å². The molecule has 5 heteroatoms. The minimum atomic E-state index is 0.0341. The van der Waals surface area contributed by atoms with Crippen LogP contribution in [0.4, 0.5) is 0 Å². The fraction of sp³-hybridized carbons (Fsp3) is 0.345. The molecule has 2 aliphatic carbocycles. The molecule has 3 aromatic heterocycles. The smallest absolute Gasteiger partial charge is 0.252 e. The van der Waals surface area contributed by atoms with Gasteiger partial charge in [0.1, 0.15) is 0 Å². The van der Waals surface area contributed by atoms with Crippen LogP contribution in [0.2, 0.25) is 0 Å². The first-order valence-corrected chi connectivity index (χ1v) is 24.2. The highest BCUT2D eigenvalue weighted by Gasteiger charge is 2.43. The largest absolute Gasteiger partial charge is 0.310 e. The molecule has 2 aliphatic heterocycles. The van der Waals surface area contributed by atoms with Crippen molar-refractivity contribution in [3.8, 4) is 22.8 Å². The number of aromatic nitrogens is 4. The Labute approximate surface area is 371 Å². The molecule has 9 aromatic rings. The number of rotatable bonds is 3. The van der Waals surface area contributed by atoms with E-state index in [1.165, 1.54) is 147 Å². The Balaban J connectivity index is 1.21. The van der Waals surface area contributed by atoms with Crippen LogP contribution >= 0.6 is 0 Å². The maximum absolute atomic E-state index is 5.27. The molecule has 0 bridgehead atoms. The lowest BCUT2D eigenvalue weighted by atomic mass is 9.34. The van der Waals surface area contributed by atoms with Gasteiger partial charge >= 0.3 is 0 Å². The number of nitrogens with zero attached hydrogens (tertiary/aromatic N) is 4. The van der Waals surface area contributed by atoms with Gasteiger partial charge in [0, 0.05) is 61.1 Å². The standard InChI is InChI=1S/C58H57BN4/c1-57(2,3)40-21-23-49-42(31-40)44-25-37(34-15-9-7-10-16-34)27-46-54(44)62(49)51-29-39(56-60-33-36-19-13-14-20-48(36)61-56)30-52-53(51)59(46)47-28-38(35-17-11-8-12-18-35)26-45-43-32-41(58(4,5)6)22-24-50(43)63(52)55(45)47/h13-14,19-35H,7-12,15-18H2,1-6H3. The molecule has 0 radical (unpaired) electrons. The van der Waals surface area contributed by atoms with Gasteiger partial charge in [0.2, 0.25) is 0 Å². The number of hydrogen-bond acceptors (Lipinski definition) is 2. The Morgan fingerprint density at radius 1 is 0.540 bits per heavy atom. The molecule has 5 heterocycles. The third-order valence-electron chi connectivity index (χ3n) is 16.0. The lowest BCUT2D eigenvalue weighted by molar-refractivity contribution is 0.444. The molecule has 2 saturated carbocycles. The zero-order valence-electron chi connectivity index (χ0n) is 37.9. The fourth-order valence-corrected chi connectivity index (χ4v) is 12.6. The van der Waals surface area contributed by atoms with Gasteiger partial charge in [0.25, 0.3) is 6.71 Å². The van der Waals surface area contributed by atoms with Crippen molar-refractivity contribution in [2.45, 2.75) is 128 Å². The van der Waals surface area contributed by atoms with E-state index in [9.17, 15) is 0 Å². The highest BCUT2D eigenvalue weighted by Crippen LogP contribution is 2.45. The van der Waals surface area contributed by atoms with Crippen LogP contribution in [0.15, 0.2) is 103 Å². The van der Waals surface area contributed by atoms with E-state index in [-0.39, 0.29) is 17.5 Å². The van der Waals surface area contributed by atoms with Crippen LogP contribution in [-0.4, -0.2) is 25.8 Å². The summed E-state index contributed by atoms with van der Waals surface area (Å²) in [5.74, 6) is 1.96. The van der Waals surface area contributed by atoms with Crippen molar-refractivity contribution in [3.63, 3.8) is 0 Å². The van der Waals surface area contributed by atoms with E-state index >= 15 is 0 Å². The van der Waals surface area contributed by atoms with E-state index in [2.05, 4.69) is 148 Å². The predicted molar refractivity (Wildman–Crippen MR) is 267 cm³/mol. The van der Waals surface area contributed by atoms with E-state index in [1.54, 1.807) is 11.1 Å². The van der Waals surface area contributed by atoms with Crippen LogP contribution in [-0.2, 0) is 10.8 Å². The lowest BCUT2D eigenvalue weighted by Crippen LogP contribution is -2.59. The Morgan fingerprint density at radius 3 is 1.56 bits per heavy atom. The van der Waals surface area contributed by atoms with Gasteiger partial charge in [-0.3, -0.25) is 0 Å². The second-order valence-electron chi connectivity index (χ2n) is 21.9. The summed E-state index contributed by atoms with van der Waals surface area (Å²) in [6, 6.07) is 38.6. The molecule has 0 spiro atoms. The van der Waals surface area contributed by atoms with E-state index in [1.807, 2.05) is 6.20 Å². The number of hydrogen-bond donors (Lipinski definition) is 0. The molecule has 0 unspecified atom stereocenters. The summed E-state index contributed by atoms with van der Waals surface area (Å²) in [5, 5.41) is 6.63. The Kier molecular flexibility index (Phi) is 8.06. The van der Waals surface area contributed by atoms with Crippen LogP contribution in [0.1, 0.15) is 140 Å². The van der Waals surface area contributed by atoms with Crippen LogP contribution in [0.25, 0.3) is 77.3 Å². The van der Waals surface area contributed by atoms with Gasteiger partial charge in [-0.25, -0.2) is 9.97 Å². The number of fused-ring (bicyclic) bond motifs is 11. The highest BCUT2D eigenvalue weighted by molar-refractivity contribution is 7.00. The molecule has 2 fully saturated rings. The molecule has 0 atom stereocenters. The zero-order chi connectivity index (χ0) is 42.5. The maximum atomic E-state index is 5.27. The average molecular weight is 821 g/mol. The van der Waals surface area contributed by atoms with Crippen molar-refractivity contribution in [2.75, 3.05) is 0 Å². The summed E-state index contributed by atoms with van der Waals surface area (Å²) in [7, 11) is 0. The first-order chi connectivity index (χ1) is 30.5. The van der Waals surface area contributed by atoms with Crippen molar-refractivity contribution in [3.05, 3.63) is 126 Å². The third kappa shape index (κ3) is 5.60. The predicted octanol–water partition coefficient (Wildman–Crippen LogP) is 13.3. The van der Waals surface area contributed by atoms with Gasteiger partial charge in [-0.05, 0) is 142 Å². The van der Waals surface area contributed by atoms with Gasteiger partial charge in [0.15, 0.2) is 5.82 Å². The number of para-hydroxylation sites is 1. The molecule has 0 saturated heterocycles. The maximum Gasteiger partial charge on any atom is 0.252 e. The van der Waals surface area contributed by atoms with Gasteiger partial charge in [0.05, 0.1) is 16.6 Å². The van der Waals surface area contributed by atoms with Gasteiger partial charge < -0.3 is 9.13 Å². The third-order valence-corrected chi connectivity index (χ3v) is 16.0. The molecular weight excluding hydrogens is 763 g/mol. The summed E-state index contributed by atoms with van der Waals surface area (Å²) in [4.78, 5) is 10.4. The van der Waals surface area contributed by atoms with Gasteiger partial charge in [-0.15, -0.1) is 0 Å². The zero-order valence-corrected chi connectivity index (χ0v) is 37.9. The lowest BCUT2D eigenvalue weighted by Gasteiger charge is -2.35. The van der Waals surface area contributed by atoms with Crippen LogP contribution in [0.5, 0.6) is 0 Å². The first-order valence-electron chi connectivity index (χ1n) is 24.2. The Morgan fingerprint density at radius 2 is 1.05 bits per heavy atom. The van der Waals surface area contributed by atoms with E-state index in [0.717, 1.165) is 22.3 Å².